The van der Waals surface area contributed by atoms with Crippen molar-refractivity contribution in [1.29, 1.82) is 0 Å². The van der Waals surface area contributed by atoms with Gasteiger partial charge in [-0.05, 0) is 33.1 Å². The lowest BCUT2D eigenvalue weighted by Gasteiger charge is -2.19. The molecule has 3 rings (SSSR count). The lowest BCUT2D eigenvalue weighted by molar-refractivity contribution is 0.0972. The maximum absolute atomic E-state index is 5.81. The van der Waals surface area contributed by atoms with Crippen LogP contribution in [0.25, 0.3) is 0 Å². The van der Waals surface area contributed by atoms with Crippen LogP contribution in [0.4, 0.5) is 0 Å². The Balaban J connectivity index is 1.61. The molecule has 2 aliphatic heterocycles. The maximum Gasteiger partial charge on any atom is 0.138 e. The highest BCUT2D eigenvalue weighted by atomic mass is 16.5. The first-order valence-corrected chi connectivity index (χ1v) is 6.04. The van der Waals surface area contributed by atoms with Gasteiger partial charge in [0.2, 0.25) is 0 Å². The van der Waals surface area contributed by atoms with Crippen LogP contribution in [0.15, 0.2) is 4.52 Å². The highest BCUT2D eigenvalue weighted by Gasteiger charge is 2.40. The second-order valence-corrected chi connectivity index (χ2v) is 4.90. The molecular formula is C12H18N2O2. The zero-order valence-electron chi connectivity index (χ0n) is 9.82. The van der Waals surface area contributed by atoms with Crippen LogP contribution < -0.4 is 5.32 Å². The van der Waals surface area contributed by atoms with Crippen molar-refractivity contribution >= 4 is 0 Å². The standard InChI is InChI=1S/C12H18N2O2/c1-7-10(8(2)16-14-7)6-13-11-5-9-3-4-12(11)15-9/h9,11-13H,3-6H2,1-2H3. The van der Waals surface area contributed by atoms with Gasteiger partial charge in [0.15, 0.2) is 0 Å². The third-order valence-corrected chi connectivity index (χ3v) is 3.83. The maximum atomic E-state index is 5.81. The molecule has 0 saturated carbocycles. The van der Waals surface area contributed by atoms with Crippen molar-refractivity contribution in [1.82, 2.24) is 10.5 Å². The topological polar surface area (TPSA) is 47.3 Å². The summed E-state index contributed by atoms with van der Waals surface area (Å²) in [6.45, 7) is 4.80. The van der Waals surface area contributed by atoms with E-state index in [2.05, 4.69) is 10.5 Å². The molecule has 4 nitrogen and oxygen atoms in total. The Bertz CT molecular complexity index is 369. The summed E-state index contributed by atoms with van der Waals surface area (Å²) in [5.74, 6) is 0.925. The van der Waals surface area contributed by atoms with Crippen molar-refractivity contribution in [2.75, 3.05) is 0 Å². The first-order valence-electron chi connectivity index (χ1n) is 6.04. The van der Waals surface area contributed by atoms with E-state index < -0.39 is 0 Å². The zero-order valence-corrected chi connectivity index (χ0v) is 9.82. The molecule has 0 amide bonds. The Hall–Kier alpha value is -0.870. The number of aryl methyl sites for hydroxylation is 2. The van der Waals surface area contributed by atoms with E-state index in [0.717, 1.165) is 24.4 Å². The molecule has 0 aromatic carbocycles. The molecule has 3 heterocycles. The van der Waals surface area contributed by atoms with E-state index >= 15 is 0 Å². The van der Waals surface area contributed by atoms with Crippen LogP contribution in [0.1, 0.15) is 36.3 Å². The summed E-state index contributed by atoms with van der Waals surface area (Å²) in [6.07, 6.45) is 4.56. The second-order valence-electron chi connectivity index (χ2n) is 4.90. The number of hydrogen-bond donors (Lipinski definition) is 1. The molecule has 3 unspecified atom stereocenters. The van der Waals surface area contributed by atoms with Gasteiger partial charge in [0.1, 0.15) is 5.76 Å². The molecule has 2 bridgehead atoms. The quantitative estimate of drug-likeness (QED) is 0.845. The molecule has 3 atom stereocenters. The Labute approximate surface area is 95.3 Å². The van der Waals surface area contributed by atoms with Crippen LogP contribution in [0.3, 0.4) is 0 Å². The lowest BCUT2D eigenvalue weighted by atomic mass is 9.95. The first kappa shape index (κ1) is 10.3. The number of nitrogens with zero attached hydrogens (tertiary/aromatic N) is 1. The molecule has 16 heavy (non-hydrogen) atoms. The van der Waals surface area contributed by atoms with Gasteiger partial charge >= 0.3 is 0 Å². The lowest BCUT2D eigenvalue weighted by Crippen LogP contribution is -2.37. The van der Waals surface area contributed by atoms with Crippen LogP contribution >= 0.6 is 0 Å². The van der Waals surface area contributed by atoms with Gasteiger partial charge in [0.05, 0.1) is 17.9 Å². The molecule has 0 radical (unpaired) electrons. The van der Waals surface area contributed by atoms with E-state index in [-0.39, 0.29) is 0 Å². The first-order chi connectivity index (χ1) is 7.74. The zero-order chi connectivity index (χ0) is 11.1. The molecule has 4 heteroatoms. The number of aromatic nitrogens is 1. The Morgan fingerprint density at radius 3 is 2.81 bits per heavy atom. The summed E-state index contributed by atoms with van der Waals surface area (Å²) in [6, 6.07) is 0.521. The fraction of sp³-hybridized carbons (Fsp3) is 0.750. The number of ether oxygens (including phenoxy) is 1. The van der Waals surface area contributed by atoms with Gasteiger partial charge in [-0.25, -0.2) is 0 Å². The van der Waals surface area contributed by atoms with Gasteiger partial charge in [-0.3, -0.25) is 0 Å². The van der Waals surface area contributed by atoms with Gasteiger partial charge in [0.25, 0.3) is 0 Å². The average Bonchev–Trinajstić information content (AvgIpc) is 2.94. The molecule has 0 aliphatic carbocycles. The van der Waals surface area contributed by atoms with Gasteiger partial charge in [-0.15, -0.1) is 0 Å². The van der Waals surface area contributed by atoms with Crippen molar-refractivity contribution in [2.45, 2.75) is 57.9 Å². The van der Waals surface area contributed by atoms with Gasteiger partial charge in [-0.2, -0.15) is 0 Å². The molecule has 2 aliphatic rings. The minimum absolute atomic E-state index is 0.436. The molecular weight excluding hydrogens is 204 g/mol. The molecule has 88 valence electrons. The minimum Gasteiger partial charge on any atom is -0.373 e. The Kier molecular flexibility index (Phi) is 2.48. The summed E-state index contributed by atoms with van der Waals surface area (Å²) >= 11 is 0. The van der Waals surface area contributed by atoms with Gasteiger partial charge < -0.3 is 14.6 Å². The molecule has 1 aromatic heterocycles. The summed E-state index contributed by atoms with van der Waals surface area (Å²) in [5.41, 5.74) is 2.19. The second kappa shape index (κ2) is 3.86. The predicted molar refractivity (Wildman–Crippen MR) is 59.1 cm³/mol. The van der Waals surface area contributed by atoms with Crippen LogP contribution in [0, 0.1) is 13.8 Å². The number of fused-ring (bicyclic) bond motifs is 2. The largest absolute Gasteiger partial charge is 0.373 e. The predicted octanol–water partition coefficient (Wildman–Crippen LogP) is 1.70. The third kappa shape index (κ3) is 1.66. The van der Waals surface area contributed by atoms with Crippen molar-refractivity contribution in [3.63, 3.8) is 0 Å². The summed E-state index contributed by atoms with van der Waals surface area (Å²) < 4.78 is 11.0. The van der Waals surface area contributed by atoms with Crippen LogP contribution in [0.5, 0.6) is 0 Å². The highest BCUT2D eigenvalue weighted by Crippen LogP contribution is 2.34. The fourth-order valence-corrected chi connectivity index (χ4v) is 2.84. The van der Waals surface area contributed by atoms with E-state index in [1.165, 1.54) is 18.4 Å². The van der Waals surface area contributed by atoms with Gasteiger partial charge in [-0.1, -0.05) is 5.16 Å². The monoisotopic (exact) mass is 222 g/mol. The van der Waals surface area contributed by atoms with E-state index in [9.17, 15) is 0 Å². The van der Waals surface area contributed by atoms with Crippen molar-refractivity contribution in [2.24, 2.45) is 0 Å². The highest BCUT2D eigenvalue weighted by molar-refractivity contribution is 5.20. The fourth-order valence-electron chi connectivity index (χ4n) is 2.84. The van der Waals surface area contributed by atoms with E-state index in [4.69, 9.17) is 9.26 Å². The van der Waals surface area contributed by atoms with Crippen molar-refractivity contribution in [3.05, 3.63) is 17.0 Å². The summed E-state index contributed by atoms with van der Waals surface area (Å²) in [4.78, 5) is 0. The average molecular weight is 222 g/mol. The smallest absolute Gasteiger partial charge is 0.138 e. The summed E-state index contributed by atoms with van der Waals surface area (Å²) in [7, 11) is 0. The number of hydrogen-bond acceptors (Lipinski definition) is 4. The molecule has 2 saturated heterocycles. The van der Waals surface area contributed by atoms with Crippen LogP contribution in [0.2, 0.25) is 0 Å². The van der Waals surface area contributed by atoms with Crippen molar-refractivity contribution < 1.29 is 9.26 Å². The Morgan fingerprint density at radius 1 is 1.38 bits per heavy atom. The number of rotatable bonds is 3. The van der Waals surface area contributed by atoms with Crippen molar-refractivity contribution in [3.8, 4) is 0 Å². The van der Waals surface area contributed by atoms with Crippen LogP contribution in [-0.4, -0.2) is 23.4 Å². The normalized spacial score (nSPS) is 32.5. The summed E-state index contributed by atoms with van der Waals surface area (Å²) in [5, 5.41) is 7.54. The van der Waals surface area contributed by atoms with Crippen LogP contribution in [-0.2, 0) is 11.3 Å². The Morgan fingerprint density at radius 2 is 2.25 bits per heavy atom. The van der Waals surface area contributed by atoms with Gasteiger partial charge in [0, 0.05) is 18.2 Å². The minimum atomic E-state index is 0.436. The van der Waals surface area contributed by atoms with E-state index in [0.29, 0.717) is 18.2 Å². The van der Waals surface area contributed by atoms with E-state index in [1.807, 2.05) is 13.8 Å². The molecule has 1 N–H and O–H groups in total. The third-order valence-electron chi connectivity index (χ3n) is 3.83. The molecule has 0 spiro atoms. The number of nitrogens with one attached hydrogen (secondary N) is 1. The SMILES string of the molecule is Cc1noc(C)c1CNC1CC2CCC1O2. The van der Waals surface area contributed by atoms with E-state index in [1.54, 1.807) is 0 Å². The molecule has 2 fully saturated rings. The molecule has 1 aromatic rings.